The van der Waals surface area contributed by atoms with Crippen LogP contribution in [-0.2, 0) is 25.5 Å². The largest absolute Gasteiger partial charge is 0.488 e. The number of amides is 2. The highest BCUT2D eigenvalue weighted by Gasteiger charge is 2.52. The molecule has 238 valence electrons. The maximum atomic E-state index is 14.7. The van der Waals surface area contributed by atoms with E-state index in [1.54, 1.807) is 6.92 Å². The zero-order valence-electron chi connectivity index (χ0n) is 25.7. The zero-order valence-corrected chi connectivity index (χ0v) is 27.8. The van der Waals surface area contributed by atoms with E-state index in [0.29, 0.717) is 17.6 Å². The smallest absolute Gasteiger partial charge is 0.408 e. The SMILES string of the molecule is COC(=O)[C@H]1C[C@@H](Oc2ccc(I)cc2)CN1C(=O)[C@@](C)(Cc1c[nH]c2ccccc12)NC(=O)OC1C2CC3CC(C2)CC1C3. The van der Waals surface area contributed by atoms with E-state index in [9.17, 15) is 14.4 Å². The van der Waals surface area contributed by atoms with Gasteiger partial charge in [0.1, 0.15) is 29.5 Å². The molecule has 4 aliphatic carbocycles. The number of rotatable bonds is 8. The van der Waals surface area contributed by atoms with Crippen LogP contribution in [0.15, 0.2) is 54.7 Å². The van der Waals surface area contributed by atoms with Crippen LogP contribution in [0.3, 0.4) is 0 Å². The number of carbonyl (C=O) groups is 3. The van der Waals surface area contributed by atoms with Crippen LogP contribution in [0.2, 0.25) is 0 Å². The molecule has 0 unspecified atom stereocenters. The Morgan fingerprint density at radius 2 is 1.67 bits per heavy atom. The van der Waals surface area contributed by atoms with Gasteiger partial charge in [0.15, 0.2) is 0 Å². The second kappa shape index (κ2) is 12.1. The Bertz CT molecular complexity index is 1560. The molecule has 1 saturated heterocycles. The van der Waals surface area contributed by atoms with Gasteiger partial charge in [-0.15, -0.1) is 0 Å². The number of para-hydroxylation sites is 1. The van der Waals surface area contributed by atoms with Crippen LogP contribution in [0, 0.1) is 27.2 Å². The molecule has 1 aliphatic heterocycles. The van der Waals surface area contributed by atoms with Crippen LogP contribution in [0.4, 0.5) is 4.79 Å². The summed E-state index contributed by atoms with van der Waals surface area (Å²) in [6, 6.07) is 14.7. The molecular formula is C35H40IN3O6. The van der Waals surface area contributed by atoms with Gasteiger partial charge in [-0.05, 0) is 121 Å². The van der Waals surface area contributed by atoms with Crippen molar-refractivity contribution in [1.82, 2.24) is 15.2 Å². The maximum Gasteiger partial charge on any atom is 0.408 e. The summed E-state index contributed by atoms with van der Waals surface area (Å²) >= 11 is 2.23. The molecule has 0 radical (unpaired) electrons. The third-order valence-electron chi connectivity index (χ3n) is 10.6. The van der Waals surface area contributed by atoms with Gasteiger partial charge >= 0.3 is 12.1 Å². The second-order valence-electron chi connectivity index (χ2n) is 13.7. The number of hydrogen-bond donors (Lipinski definition) is 2. The summed E-state index contributed by atoms with van der Waals surface area (Å²) in [5.74, 6) is 2.07. The average Bonchev–Trinajstić information content (AvgIpc) is 3.63. The van der Waals surface area contributed by atoms with Crippen molar-refractivity contribution >= 4 is 51.5 Å². The van der Waals surface area contributed by atoms with Gasteiger partial charge < -0.3 is 29.4 Å². The summed E-state index contributed by atoms with van der Waals surface area (Å²) in [4.78, 5) is 46.2. The van der Waals surface area contributed by atoms with Gasteiger partial charge in [-0.25, -0.2) is 9.59 Å². The minimum Gasteiger partial charge on any atom is -0.488 e. The van der Waals surface area contributed by atoms with Crippen LogP contribution in [0.1, 0.15) is 51.0 Å². The van der Waals surface area contributed by atoms with Crippen LogP contribution < -0.4 is 10.1 Å². The van der Waals surface area contributed by atoms with E-state index in [2.05, 4.69) is 32.9 Å². The number of aromatic nitrogens is 1. The summed E-state index contributed by atoms with van der Waals surface area (Å²) < 4.78 is 18.6. The van der Waals surface area contributed by atoms with E-state index in [1.807, 2.05) is 54.7 Å². The summed E-state index contributed by atoms with van der Waals surface area (Å²) in [6.45, 7) is 1.91. The number of ether oxygens (including phenoxy) is 3. The average molecular weight is 726 g/mol. The molecule has 1 aromatic heterocycles. The lowest BCUT2D eigenvalue weighted by Crippen LogP contribution is -2.62. The molecule has 3 atom stereocenters. The van der Waals surface area contributed by atoms with Gasteiger partial charge in [0.2, 0.25) is 5.91 Å². The lowest BCUT2D eigenvalue weighted by Gasteiger charge is -2.53. The Morgan fingerprint density at radius 1 is 0.978 bits per heavy atom. The number of alkyl carbamates (subject to hydrolysis) is 1. The highest BCUT2D eigenvalue weighted by Crippen LogP contribution is 2.54. The number of halogens is 1. The van der Waals surface area contributed by atoms with Crippen LogP contribution in [0.5, 0.6) is 5.75 Å². The Hall–Kier alpha value is -3.28. The number of esters is 1. The first-order valence-electron chi connectivity index (χ1n) is 16.0. The fraction of sp³-hybridized carbons (Fsp3) is 0.514. The lowest BCUT2D eigenvalue weighted by molar-refractivity contribution is -0.153. The molecule has 3 aromatic rings. The van der Waals surface area contributed by atoms with Crippen molar-refractivity contribution < 1.29 is 28.6 Å². The lowest BCUT2D eigenvalue weighted by atomic mass is 9.55. The van der Waals surface area contributed by atoms with Crippen LogP contribution >= 0.6 is 22.6 Å². The third kappa shape index (κ3) is 6.02. The van der Waals surface area contributed by atoms with E-state index in [4.69, 9.17) is 14.2 Å². The first-order valence-corrected chi connectivity index (χ1v) is 17.1. The summed E-state index contributed by atoms with van der Waals surface area (Å²) in [7, 11) is 1.32. The van der Waals surface area contributed by atoms with Gasteiger partial charge in [-0.2, -0.15) is 0 Å². The molecule has 2 amide bonds. The molecule has 9 nitrogen and oxygen atoms in total. The van der Waals surface area contributed by atoms with E-state index in [0.717, 1.165) is 57.6 Å². The molecule has 4 saturated carbocycles. The molecule has 5 fully saturated rings. The molecule has 4 bridgehead atoms. The maximum absolute atomic E-state index is 14.7. The van der Waals surface area contributed by atoms with Gasteiger partial charge in [-0.1, -0.05) is 18.2 Å². The topological polar surface area (TPSA) is 110 Å². The Balaban J connectivity index is 1.15. The number of likely N-dealkylation sites (tertiary alicyclic amines) is 1. The minimum atomic E-state index is -1.40. The summed E-state index contributed by atoms with van der Waals surface area (Å²) in [6.07, 6.45) is 7.04. The molecule has 2 N–H and O–H groups in total. The number of carbonyl (C=O) groups excluding carboxylic acids is 3. The predicted molar refractivity (Wildman–Crippen MR) is 177 cm³/mol. The Labute approximate surface area is 276 Å². The first kappa shape index (κ1) is 30.4. The van der Waals surface area contributed by atoms with E-state index < -0.39 is 29.7 Å². The molecule has 10 heteroatoms. The van der Waals surface area contributed by atoms with Crippen LogP contribution in [0.25, 0.3) is 10.9 Å². The number of nitrogens with one attached hydrogen (secondary N) is 2. The number of nitrogens with zero attached hydrogens (tertiary/aromatic N) is 1. The highest BCUT2D eigenvalue weighted by atomic mass is 127. The molecule has 2 aromatic carbocycles. The van der Waals surface area contributed by atoms with Gasteiger partial charge in [-0.3, -0.25) is 4.79 Å². The number of methoxy groups -OCH3 is 1. The Kier molecular flexibility index (Phi) is 8.20. The van der Waals surface area contributed by atoms with Crippen molar-refractivity contribution in [2.24, 2.45) is 23.7 Å². The van der Waals surface area contributed by atoms with Gasteiger partial charge in [0.25, 0.3) is 0 Å². The second-order valence-corrected chi connectivity index (χ2v) is 15.0. The summed E-state index contributed by atoms with van der Waals surface area (Å²) in [5, 5.41) is 3.99. The number of benzene rings is 2. The molecular weight excluding hydrogens is 685 g/mol. The van der Waals surface area contributed by atoms with E-state index in [1.165, 1.54) is 18.4 Å². The number of hydrogen-bond acceptors (Lipinski definition) is 6. The normalized spacial score (nSPS) is 29.8. The van der Waals surface area contributed by atoms with Crippen LogP contribution in [-0.4, -0.2) is 65.3 Å². The standard InChI is InChI=1S/C35H40IN3O6/c1-35(17-24-18-37-29-6-4-3-5-28(24)29,38-34(42)45-31-22-12-20-11-21(14-22)15-23(31)13-20)33(41)39-19-27(16-30(39)32(40)43-2)44-26-9-7-25(36)8-10-26/h3-10,18,20-23,27,30-31,37H,11-17,19H2,1-2H3,(H,38,42)/t20?,21?,22?,23?,27-,30-,31?,35-/m1/s1. The van der Waals surface area contributed by atoms with Gasteiger partial charge in [0.05, 0.1) is 13.7 Å². The van der Waals surface area contributed by atoms with Crippen molar-refractivity contribution in [1.29, 1.82) is 0 Å². The van der Waals surface area contributed by atoms with Crippen molar-refractivity contribution in [2.45, 2.75) is 75.7 Å². The summed E-state index contributed by atoms with van der Waals surface area (Å²) in [5.41, 5.74) is 0.424. The highest BCUT2D eigenvalue weighted by molar-refractivity contribution is 14.1. The fourth-order valence-electron chi connectivity index (χ4n) is 8.77. The quantitative estimate of drug-likeness (QED) is 0.223. The first-order chi connectivity index (χ1) is 21.7. The van der Waals surface area contributed by atoms with Gasteiger partial charge in [0, 0.05) is 33.5 Å². The molecule has 5 aliphatic rings. The van der Waals surface area contributed by atoms with E-state index in [-0.39, 0.29) is 31.4 Å². The molecule has 45 heavy (non-hydrogen) atoms. The van der Waals surface area contributed by atoms with Crippen molar-refractivity contribution in [3.63, 3.8) is 0 Å². The number of aromatic amines is 1. The van der Waals surface area contributed by atoms with E-state index >= 15 is 0 Å². The molecule has 2 heterocycles. The van der Waals surface area contributed by atoms with Crippen molar-refractivity contribution in [3.8, 4) is 5.75 Å². The zero-order chi connectivity index (χ0) is 31.3. The van der Waals surface area contributed by atoms with Crippen molar-refractivity contribution in [2.75, 3.05) is 13.7 Å². The Morgan fingerprint density at radius 3 is 2.36 bits per heavy atom. The minimum absolute atomic E-state index is 0.119. The fourth-order valence-corrected chi connectivity index (χ4v) is 9.13. The third-order valence-corrected chi connectivity index (χ3v) is 11.3. The monoisotopic (exact) mass is 725 g/mol. The van der Waals surface area contributed by atoms with Crippen molar-refractivity contribution in [3.05, 3.63) is 63.9 Å². The number of fused-ring (bicyclic) bond motifs is 1. The number of H-pyrrole nitrogens is 1. The molecule has 0 spiro atoms. The molecule has 8 rings (SSSR count). The predicted octanol–water partition coefficient (Wildman–Crippen LogP) is 5.85.